The minimum Gasteiger partial charge on any atom is -0.475 e. The van der Waals surface area contributed by atoms with Gasteiger partial charge in [-0.15, -0.1) is 0 Å². The molecule has 156 valence electrons. The second-order valence-electron chi connectivity index (χ2n) is 6.25. The highest BCUT2D eigenvalue weighted by molar-refractivity contribution is 7.80. The number of hydrogen-bond acceptors (Lipinski definition) is 5. The lowest BCUT2D eigenvalue weighted by molar-refractivity contribution is 0.0662. The zero-order chi connectivity index (χ0) is 22.1. The topological polar surface area (TPSA) is 121 Å². The number of rotatable bonds is 5. The Morgan fingerprint density at radius 3 is 2.17 bits per heavy atom. The van der Waals surface area contributed by atoms with E-state index in [0.29, 0.717) is 10.7 Å². The van der Waals surface area contributed by atoms with E-state index in [1.807, 2.05) is 43.3 Å². The maximum atomic E-state index is 11.0. The van der Waals surface area contributed by atoms with Crippen molar-refractivity contribution in [2.24, 2.45) is 5.73 Å². The van der Waals surface area contributed by atoms with Crippen LogP contribution in [0, 0.1) is 0 Å². The lowest BCUT2D eigenvalue weighted by atomic mass is 10.2. The van der Waals surface area contributed by atoms with Crippen molar-refractivity contribution in [1.29, 1.82) is 0 Å². The highest BCUT2D eigenvalue weighted by Gasteiger charge is 2.03. The summed E-state index contributed by atoms with van der Waals surface area (Å²) < 4.78 is 4.50. The minimum absolute atomic E-state index is 0.0231. The summed E-state index contributed by atoms with van der Waals surface area (Å²) in [5, 5.41) is 14.8. The average molecular weight is 426 g/mol. The molecule has 9 heteroatoms. The molecule has 0 radical (unpaired) electrons. The van der Waals surface area contributed by atoms with Gasteiger partial charge in [0.05, 0.1) is 6.26 Å². The molecular formula is C21H22N4O4S. The van der Waals surface area contributed by atoms with Gasteiger partial charge in [0.15, 0.2) is 5.11 Å². The minimum atomic E-state index is -1.03. The van der Waals surface area contributed by atoms with Crippen LogP contribution in [0.3, 0.4) is 0 Å². The fourth-order valence-electron chi connectivity index (χ4n) is 2.27. The Labute approximate surface area is 179 Å². The lowest BCUT2D eigenvalue weighted by Crippen LogP contribution is -2.19. The number of furan rings is 1. The van der Waals surface area contributed by atoms with Crippen molar-refractivity contribution < 1.29 is 19.1 Å². The van der Waals surface area contributed by atoms with Crippen LogP contribution in [0.5, 0.6) is 0 Å². The normalized spacial score (nSPS) is 9.67. The van der Waals surface area contributed by atoms with Gasteiger partial charge < -0.3 is 30.8 Å². The first-order valence-corrected chi connectivity index (χ1v) is 9.19. The van der Waals surface area contributed by atoms with E-state index in [0.717, 1.165) is 17.1 Å². The molecule has 0 unspecified atom stereocenters. The van der Waals surface area contributed by atoms with Crippen LogP contribution in [0.2, 0.25) is 0 Å². The molecule has 0 aliphatic carbocycles. The van der Waals surface area contributed by atoms with Gasteiger partial charge in [-0.2, -0.15) is 0 Å². The van der Waals surface area contributed by atoms with Crippen LogP contribution < -0.4 is 21.3 Å². The highest BCUT2D eigenvalue weighted by atomic mass is 32.1. The van der Waals surface area contributed by atoms with Crippen LogP contribution >= 0.6 is 12.2 Å². The zero-order valence-corrected chi connectivity index (χ0v) is 17.3. The lowest BCUT2D eigenvalue weighted by Gasteiger charge is -2.15. The van der Waals surface area contributed by atoms with Crippen LogP contribution in [0.1, 0.15) is 20.9 Å². The van der Waals surface area contributed by atoms with E-state index in [1.54, 1.807) is 24.3 Å². The monoisotopic (exact) mass is 426 g/mol. The number of amides is 1. The molecule has 0 bridgehead atoms. The third kappa shape index (κ3) is 6.95. The number of carboxylic acids is 1. The number of carboxylic acid groups (broad SMARTS) is 1. The third-order valence-electron chi connectivity index (χ3n) is 3.78. The van der Waals surface area contributed by atoms with E-state index in [1.165, 1.54) is 18.4 Å². The summed E-state index contributed by atoms with van der Waals surface area (Å²) >= 11 is 5.28. The van der Waals surface area contributed by atoms with Gasteiger partial charge in [-0.05, 0) is 66.8 Å². The number of carbonyl (C=O) groups excluding carboxylic acids is 1. The van der Waals surface area contributed by atoms with E-state index in [9.17, 15) is 9.59 Å². The van der Waals surface area contributed by atoms with Gasteiger partial charge in [0.1, 0.15) is 0 Å². The molecule has 0 aliphatic rings. The Morgan fingerprint density at radius 1 is 1.00 bits per heavy atom. The van der Waals surface area contributed by atoms with Gasteiger partial charge in [-0.3, -0.25) is 4.79 Å². The summed E-state index contributed by atoms with van der Waals surface area (Å²) in [5.74, 6) is -1.51. The number of nitrogens with two attached hydrogens (primary N) is 1. The summed E-state index contributed by atoms with van der Waals surface area (Å²) in [7, 11) is 3.96. The number of thiocarbonyl (C=S) groups is 1. The molecule has 0 spiro atoms. The van der Waals surface area contributed by atoms with E-state index in [-0.39, 0.29) is 5.76 Å². The van der Waals surface area contributed by atoms with Crippen LogP contribution in [0.15, 0.2) is 71.3 Å². The van der Waals surface area contributed by atoms with Gasteiger partial charge in [0.2, 0.25) is 11.7 Å². The van der Waals surface area contributed by atoms with E-state index in [2.05, 4.69) is 15.1 Å². The first-order valence-electron chi connectivity index (χ1n) is 8.78. The summed E-state index contributed by atoms with van der Waals surface area (Å²) in [5.41, 5.74) is 8.43. The molecule has 1 heterocycles. The number of anilines is 3. The van der Waals surface area contributed by atoms with Gasteiger partial charge in [-0.25, -0.2) is 4.79 Å². The quantitative estimate of drug-likeness (QED) is 0.456. The Balaban J connectivity index is 0.000000335. The number of benzene rings is 2. The molecule has 1 aromatic heterocycles. The molecule has 30 heavy (non-hydrogen) atoms. The predicted octanol–water partition coefficient (Wildman–Crippen LogP) is 3.64. The molecule has 1 amide bonds. The van der Waals surface area contributed by atoms with E-state index >= 15 is 0 Å². The van der Waals surface area contributed by atoms with Crippen molar-refractivity contribution >= 4 is 46.3 Å². The fourth-order valence-corrected chi connectivity index (χ4v) is 2.51. The highest BCUT2D eigenvalue weighted by Crippen LogP contribution is 2.18. The number of carbonyl (C=O) groups is 2. The third-order valence-corrected chi connectivity index (χ3v) is 3.98. The first-order chi connectivity index (χ1) is 14.3. The Kier molecular flexibility index (Phi) is 7.95. The smallest absolute Gasteiger partial charge is 0.371 e. The number of primary amides is 1. The molecule has 0 atom stereocenters. The second kappa shape index (κ2) is 10.6. The van der Waals surface area contributed by atoms with Gasteiger partial charge in [0.25, 0.3) is 0 Å². The number of nitrogens with zero attached hydrogens (tertiary/aromatic N) is 1. The van der Waals surface area contributed by atoms with Crippen LogP contribution in [0.4, 0.5) is 17.1 Å². The Hall–Kier alpha value is -3.85. The summed E-state index contributed by atoms with van der Waals surface area (Å²) in [4.78, 5) is 23.0. The molecule has 5 N–H and O–H groups in total. The van der Waals surface area contributed by atoms with Crippen molar-refractivity contribution in [1.82, 2.24) is 0 Å². The van der Waals surface area contributed by atoms with Crippen LogP contribution in [-0.4, -0.2) is 36.2 Å². The maximum Gasteiger partial charge on any atom is 0.371 e. The SMILES string of the molecule is CN(C)c1cccc(NC(=S)Nc2ccc(C(N)=O)cc2)c1.O=C(O)c1ccco1. The molecule has 3 rings (SSSR count). The molecule has 2 aromatic carbocycles. The van der Waals surface area contributed by atoms with Crippen molar-refractivity contribution in [3.63, 3.8) is 0 Å². The zero-order valence-electron chi connectivity index (χ0n) is 16.5. The Morgan fingerprint density at radius 2 is 1.67 bits per heavy atom. The Bertz CT molecular complexity index is 1000. The second-order valence-corrected chi connectivity index (χ2v) is 6.66. The van der Waals surface area contributed by atoms with Crippen molar-refractivity contribution in [2.45, 2.75) is 0 Å². The molecule has 0 aliphatic heterocycles. The average Bonchev–Trinajstić information content (AvgIpc) is 3.24. The molecule has 0 saturated heterocycles. The van der Waals surface area contributed by atoms with Crippen LogP contribution in [-0.2, 0) is 0 Å². The summed E-state index contributed by atoms with van der Waals surface area (Å²) in [6.07, 6.45) is 1.32. The van der Waals surface area contributed by atoms with E-state index in [4.69, 9.17) is 23.1 Å². The maximum absolute atomic E-state index is 11.0. The first kappa shape index (κ1) is 22.4. The van der Waals surface area contributed by atoms with Crippen molar-refractivity contribution in [3.05, 3.63) is 78.3 Å². The van der Waals surface area contributed by atoms with E-state index < -0.39 is 11.9 Å². The summed E-state index contributed by atoms with van der Waals surface area (Å²) in [6, 6.07) is 17.7. The summed E-state index contributed by atoms with van der Waals surface area (Å²) in [6.45, 7) is 0. The van der Waals surface area contributed by atoms with Gasteiger partial charge in [-0.1, -0.05) is 6.07 Å². The molecule has 3 aromatic rings. The molecular weight excluding hydrogens is 404 g/mol. The number of aromatic carboxylic acids is 1. The molecule has 0 saturated carbocycles. The predicted molar refractivity (Wildman–Crippen MR) is 121 cm³/mol. The molecule has 0 fully saturated rings. The van der Waals surface area contributed by atoms with Crippen molar-refractivity contribution in [2.75, 3.05) is 29.6 Å². The largest absolute Gasteiger partial charge is 0.475 e. The van der Waals surface area contributed by atoms with Crippen LogP contribution in [0.25, 0.3) is 0 Å². The van der Waals surface area contributed by atoms with Crippen molar-refractivity contribution in [3.8, 4) is 0 Å². The fraction of sp³-hybridized carbons (Fsp3) is 0.0952. The molecule has 8 nitrogen and oxygen atoms in total. The number of nitrogens with one attached hydrogen (secondary N) is 2. The van der Waals surface area contributed by atoms with Gasteiger partial charge in [0, 0.05) is 36.7 Å². The number of hydrogen-bond donors (Lipinski definition) is 4. The standard InChI is InChI=1S/C16H18N4OS.C5H4O3/c1-20(2)14-5-3-4-13(10-14)19-16(22)18-12-8-6-11(7-9-12)15(17)21;6-5(7)4-2-1-3-8-4/h3-10H,1-2H3,(H2,17,21)(H2,18,19,22);1-3H,(H,6,7). The van der Waals surface area contributed by atoms with Gasteiger partial charge >= 0.3 is 5.97 Å².